The van der Waals surface area contributed by atoms with Gasteiger partial charge in [-0.15, -0.1) is 0 Å². The summed E-state index contributed by atoms with van der Waals surface area (Å²) >= 11 is 0. The van der Waals surface area contributed by atoms with E-state index >= 15 is 0 Å². The highest BCUT2D eigenvalue weighted by atomic mass is 16.2. The van der Waals surface area contributed by atoms with Gasteiger partial charge in [-0.05, 0) is 49.9 Å². The molecule has 0 atom stereocenters. The van der Waals surface area contributed by atoms with E-state index in [4.69, 9.17) is 0 Å². The van der Waals surface area contributed by atoms with Crippen LogP contribution in [-0.4, -0.2) is 24.5 Å². The van der Waals surface area contributed by atoms with E-state index in [1.165, 1.54) is 5.56 Å². The number of anilines is 3. The topological polar surface area (TPSA) is 44.4 Å². The molecule has 4 heteroatoms. The molecule has 4 nitrogen and oxygen atoms in total. The lowest BCUT2D eigenvalue weighted by molar-refractivity contribution is -0.115. The summed E-state index contributed by atoms with van der Waals surface area (Å²) in [6.45, 7) is 11.8. The third-order valence-corrected chi connectivity index (χ3v) is 4.83. The van der Waals surface area contributed by atoms with Crippen LogP contribution in [0.25, 0.3) is 0 Å². The second-order valence-corrected chi connectivity index (χ2v) is 8.12. The number of benzene rings is 2. The van der Waals surface area contributed by atoms with Crippen molar-refractivity contribution in [3.05, 3.63) is 53.6 Å². The fourth-order valence-corrected chi connectivity index (χ4v) is 3.66. The summed E-state index contributed by atoms with van der Waals surface area (Å²) in [5.74, 6) is 0.387. The minimum atomic E-state index is -0.0829. The third-order valence-electron chi connectivity index (χ3n) is 4.83. The fraction of sp³-hybridized carbons (Fsp3) is 0.409. The number of carbonyl (C=O) groups is 1. The van der Waals surface area contributed by atoms with Crippen molar-refractivity contribution in [1.82, 2.24) is 0 Å². The van der Waals surface area contributed by atoms with Crippen molar-refractivity contribution in [1.29, 1.82) is 0 Å². The van der Waals surface area contributed by atoms with Crippen LogP contribution in [0.1, 0.15) is 44.7 Å². The number of aryl methyl sites for hydroxylation is 1. The van der Waals surface area contributed by atoms with Gasteiger partial charge in [0.2, 0.25) is 5.91 Å². The molecule has 3 rings (SSSR count). The van der Waals surface area contributed by atoms with Gasteiger partial charge in [0.15, 0.2) is 0 Å². The molecule has 138 valence electrons. The van der Waals surface area contributed by atoms with Gasteiger partial charge in [0, 0.05) is 17.8 Å². The number of nitrogens with zero attached hydrogens (tertiary/aromatic N) is 1. The van der Waals surface area contributed by atoms with Gasteiger partial charge in [0.25, 0.3) is 0 Å². The first-order chi connectivity index (χ1) is 12.3. The molecule has 0 saturated heterocycles. The molecular weight excluding hydrogens is 322 g/mol. The predicted molar refractivity (Wildman–Crippen MR) is 110 cm³/mol. The second kappa shape index (κ2) is 7.02. The zero-order valence-electron chi connectivity index (χ0n) is 16.4. The Morgan fingerprint density at radius 1 is 1.19 bits per heavy atom. The summed E-state index contributed by atoms with van der Waals surface area (Å²) in [6, 6.07) is 14.4. The molecule has 0 unspecified atom stereocenters. The van der Waals surface area contributed by atoms with Crippen LogP contribution >= 0.6 is 0 Å². The van der Waals surface area contributed by atoms with E-state index in [1.807, 2.05) is 25.1 Å². The monoisotopic (exact) mass is 351 g/mol. The highest BCUT2D eigenvalue weighted by molar-refractivity contribution is 5.96. The summed E-state index contributed by atoms with van der Waals surface area (Å²) in [5.41, 5.74) is 5.31. The Kier molecular flexibility index (Phi) is 4.94. The van der Waals surface area contributed by atoms with Crippen LogP contribution in [-0.2, 0) is 4.79 Å². The number of carbonyl (C=O) groups excluding carboxylic acids is 1. The van der Waals surface area contributed by atoms with Crippen LogP contribution in [0.15, 0.2) is 42.5 Å². The van der Waals surface area contributed by atoms with Crippen LogP contribution < -0.4 is 15.5 Å². The maximum absolute atomic E-state index is 12.9. The molecule has 1 heterocycles. The molecule has 2 aromatic rings. The normalized spacial score (nSPS) is 15.4. The molecule has 1 aliphatic heterocycles. The Bertz CT molecular complexity index is 811. The van der Waals surface area contributed by atoms with E-state index in [1.54, 1.807) is 0 Å². The molecule has 0 spiro atoms. The molecule has 0 aliphatic carbocycles. The summed E-state index contributed by atoms with van der Waals surface area (Å²) in [6.07, 6.45) is 0. The molecule has 1 aliphatic rings. The van der Waals surface area contributed by atoms with E-state index in [0.717, 1.165) is 29.2 Å². The first-order valence-electron chi connectivity index (χ1n) is 9.28. The zero-order valence-corrected chi connectivity index (χ0v) is 16.4. The highest BCUT2D eigenvalue weighted by Gasteiger charge is 2.30. The zero-order chi connectivity index (χ0) is 18.9. The Labute approximate surface area is 156 Å². The average Bonchev–Trinajstić information content (AvgIpc) is 2.55. The highest BCUT2D eigenvalue weighted by Crippen LogP contribution is 2.34. The van der Waals surface area contributed by atoms with E-state index in [0.29, 0.717) is 12.5 Å². The lowest BCUT2D eigenvalue weighted by atomic mass is 9.98. The minimum absolute atomic E-state index is 0.0219. The first-order valence-corrected chi connectivity index (χ1v) is 9.28. The van der Waals surface area contributed by atoms with Gasteiger partial charge in [-0.2, -0.15) is 0 Å². The Morgan fingerprint density at radius 2 is 1.92 bits per heavy atom. The maximum atomic E-state index is 12.9. The van der Waals surface area contributed by atoms with Crippen LogP contribution in [0.5, 0.6) is 0 Å². The second-order valence-electron chi connectivity index (χ2n) is 8.12. The fourth-order valence-electron chi connectivity index (χ4n) is 3.66. The minimum Gasteiger partial charge on any atom is -0.377 e. The number of hydrogen-bond donors (Lipinski definition) is 2. The van der Waals surface area contributed by atoms with Crippen molar-refractivity contribution >= 4 is 23.0 Å². The van der Waals surface area contributed by atoms with Gasteiger partial charge in [0.1, 0.15) is 0 Å². The van der Waals surface area contributed by atoms with E-state index in [9.17, 15) is 4.79 Å². The molecule has 2 N–H and O–H groups in total. The summed E-state index contributed by atoms with van der Waals surface area (Å²) < 4.78 is 0. The van der Waals surface area contributed by atoms with Crippen LogP contribution in [0, 0.1) is 6.92 Å². The van der Waals surface area contributed by atoms with Gasteiger partial charge in [-0.25, -0.2) is 0 Å². The predicted octanol–water partition coefficient (Wildman–Crippen LogP) is 4.77. The molecule has 0 fully saturated rings. The van der Waals surface area contributed by atoms with Crippen molar-refractivity contribution in [3.8, 4) is 0 Å². The SMILES string of the molecule is Cc1cccc(C(C)C)c1NC(=O)CN1CC(C)(C)Nc2ccccc21. The molecule has 0 saturated carbocycles. The molecule has 26 heavy (non-hydrogen) atoms. The van der Waals surface area contributed by atoms with Crippen molar-refractivity contribution < 1.29 is 4.79 Å². The number of amides is 1. The molecular formula is C22H29N3O. The molecule has 0 bridgehead atoms. The quantitative estimate of drug-likeness (QED) is 0.834. The summed E-state index contributed by atoms with van der Waals surface area (Å²) in [4.78, 5) is 15.0. The van der Waals surface area contributed by atoms with Gasteiger partial charge in [-0.3, -0.25) is 4.79 Å². The number of nitrogens with one attached hydrogen (secondary N) is 2. The standard InChI is InChI=1S/C22H29N3O/c1-15(2)17-10-8-9-16(3)21(17)23-20(26)13-25-14-22(4,5)24-18-11-6-7-12-19(18)25/h6-12,15,24H,13-14H2,1-5H3,(H,23,26). The van der Waals surface area contributed by atoms with Crippen LogP contribution in [0.2, 0.25) is 0 Å². The van der Waals surface area contributed by atoms with Gasteiger partial charge < -0.3 is 15.5 Å². The number of para-hydroxylation sites is 3. The Hall–Kier alpha value is -2.49. The maximum Gasteiger partial charge on any atom is 0.243 e. The third kappa shape index (κ3) is 3.85. The number of rotatable bonds is 4. The Morgan fingerprint density at radius 3 is 2.65 bits per heavy atom. The van der Waals surface area contributed by atoms with E-state index < -0.39 is 0 Å². The molecule has 0 aromatic heterocycles. The van der Waals surface area contributed by atoms with Crippen molar-refractivity contribution in [2.24, 2.45) is 0 Å². The first kappa shape index (κ1) is 18.3. The Balaban J connectivity index is 1.81. The number of hydrogen-bond acceptors (Lipinski definition) is 3. The van der Waals surface area contributed by atoms with Crippen molar-refractivity contribution in [2.75, 3.05) is 28.6 Å². The van der Waals surface area contributed by atoms with Crippen molar-refractivity contribution in [3.63, 3.8) is 0 Å². The van der Waals surface area contributed by atoms with Gasteiger partial charge >= 0.3 is 0 Å². The number of fused-ring (bicyclic) bond motifs is 1. The van der Waals surface area contributed by atoms with E-state index in [2.05, 4.69) is 67.5 Å². The van der Waals surface area contributed by atoms with Gasteiger partial charge in [0.05, 0.1) is 17.9 Å². The molecule has 2 aromatic carbocycles. The summed E-state index contributed by atoms with van der Waals surface area (Å²) in [5, 5.41) is 6.71. The lowest BCUT2D eigenvalue weighted by Crippen LogP contribution is -2.50. The van der Waals surface area contributed by atoms with E-state index in [-0.39, 0.29) is 11.4 Å². The lowest BCUT2D eigenvalue weighted by Gasteiger charge is -2.41. The largest absolute Gasteiger partial charge is 0.377 e. The average molecular weight is 351 g/mol. The molecule has 1 amide bonds. The van der Waals surface area contributed by atoms with Gasteiger partial charge in [-0.1, -0.05) is 44.2 Å². The van der Waals surface area contributed by atoms with Crippen molar-refractivity contribution in [2.45, 2.75) is 46.1 Å². The van der Waals surface area contributed by atoms with Crippen LogP contribution in [0.4, 0.5) is 17.1 Å². The van der Waals surface area contributed by atoms with Crippen LogP contribution in [0.3, 0.4) is 0 Å². The summed E-state index contributed by atoms with van der Waals surface area (Å²) in [7, 11) is 0. The smallest absolute Gasteiger partial charge is 0.243 e. The molecule has 0 radical (unpaired) electrons.